The van der Waals surface area contributed by atoms with E-state index in [2.05, 4.69) is 4.98 Å². The molecule has 1 unspecified atom stereocenters. The van der Waals surface area contributed by atoms with Gasteiger partial charge in [-0.05, 0) is 28.7 Å². The molecule has 90 valence electrons. The van der Waals surface area contributed by atoms with Crippen molar-refractivity contribution >= 4 is 40.2 Å². The highest BCUT2D eigenvalue weighted by Crippen LogP contribution is 2.27. The molecule has 2 N–H and O–H groups in total. The van der Waals surface area contributed by atoms with Crippen molar-refractivity contribution in [2.45, 2.75) is 6.42 Å². The number of carbonyl (C=O) groups excluding carboxylic acids is 2. The molecule has 0 spiro atoms. The number of carbonyl (C=O) groups is 2. The van der Waals surface area contributed by atoms with Gasteiger partial charge in [-0.2, -0.15) is 0 Å². The highest BCUT2D eigenvalue weighted by Gasteiger charge is 2.35. The Balaban J connectivity index is 2.29. The van der Waals surface area contributed by atoms with E-state index in [1.165, 1.54) is 11.0 Å². The van der Waals surface area contributed by atoms with Crippen molar-refractivity contribution in [2.24, 2.45) is 11.7 Å². The molecule has 2 heterocycles. The van der Waals surface area contributed by atoms with Crippen LogP contribution in [-0.2, 0) is 9.59 Å². The van der Waals surface area contributed by atoms with Crippen molar-refractivity contribution in [1.82, 2.24) is 4.98 Å². The van der Waals surface area contributed by atoms with Gasteiger partial charge in [0, 0.05) is 13.0 Å². The van der Waals surface area contributed by atoms with Gasteiger partial charge < -0.3 is 5.73 Å². The third-order valence-corrected chi connectivity index (χ3v) is 3.37. The number of amides is 2. The zero-order chi connectivity index (χ0) is 12.6. The Labute approximate surface area is 110 Å². The Morgan fingerprint density at radius 1 is 1.65 bits per heavy atom. The van der Waals surface area contributed by atoms with Gasteiger partial charge in [0.25, 0.3) is 0 Å². The number of halogens is 2. The predicted octanol–water partition coefficient (Wildman–Crippen LogP) is 0.663. The van der Waals surface area contributed by atoms with Crippen molar-refractivity contribution in [3.63, 3.8) is 0 Å². The summed E-state index contributed by atoms with van der Waals surface area (Å²) in [6.45, 7) is 0.211. The first kappa shape index (κ1) is 12.2. The van der Waals surface area contributed by atoms with Gasteiger partial charge in [-0.15, -0.1) is 0 Å². The highest BCUT2D eigenvalue weighted by molar-refractivity contribution is 14.1. The SMILES string of the molecule is NC(=O)C1CC(=O)N(c2ncc(F)cc2I)C1. The number of nitrogens with two attached hydrogens (primary N) is 1. The number of primary amides is 1. The standard InChI is InChI=1S/C10H9FIN3O2/c11-6-2-7(12)10(14-3-6)15-4-5(9(13)17)1-8(15)16/h2-3,5H,1,4H2,(H2,13,17). The number of pyridine rings is 1. The molecular formula is C10H9FIN3O2. The summed E-state index contributed by atoms with van der Waals surface area (Å²) in [5.74, 6) is -1.30. The lowest BCUT2D eigenvalue weighted by atomic mass is 10.1. The molecule has 0 aliphatic carbocycles. The van der Waals surface area contributed by atoms with Crippen LogP contribution in [0.5, 0.6) is 0 Å². The second kappa shape index (κ2) is 4.55. The van der Waals surface area contributed by atoms with Crippen LogP contribution in [0.3, 0.4) is 0 Å². The summed E-state index contributed by atoms with van der Waals surface area (Å²) >= 11 is 1.90. The van der Waals surface area contributed by atoms with Gasteiger partial charge in [0.2, 0.25) is 11.8 Å². The highest BCUT2D eigenvalue weighted by atomic mass is 127. The van der Waals surface area contributed by atoms with Crippen molar-refractivity contribution in [3.8, 4) is 0 Å². The van der Waals surface area contributed by atoms with E-state index in [1.54, 1.807) is 0 Å². The first-order valence-electron chi connectivity index (χ1n) is 4.89. The van der Waals surface area contributed by atoms with Crippen LogP contribution in [0.1, 0.15) is 6.42 Å². The second-order valence-electron chi connectivity index (χ2n) is 3.77. The van der Waals surface area contributed by atoms with Crippen LogP contribution in [0.2, 0.25) is 0 Å². The zero-order valence-electron chi connectivity index (χ0n) is 8.69. The molecule has 1 fully saturated rings. The maximum atomic E-state index is 12.9. The van der Waals surface area contributed by atoms with E-state index in [4.69, 9.17) is 5.73 Å². The molecule has 2 rings (SSSR count). The summed E-state index contributed by atoms with van der Waals surface area (Å²) < 4.78 is 13.4. The van der Waals surface area contributed by atoms with Gasteiger partial charge in [0.05, 0.1) is 15.7 Å². The van der Waals surface area contributed by atoms with Gasteiger partial charge >= 0.3 is 0 Å². The van der Waals surface area contributed by atoms with Crippen molar-refractivity contribution < 1.29 is 14.0 Å². The average Bonchev–Trinajstić information content (AvgIpc) is 2.61. The van der Waals surface area contributed by atoms with Crippen LogP contribution in [0, 0.1) is 15.3 Å². The van der Waals surface area contributed by atoms with E-state index < -0.39 is 17.6 Å². The van der Waals surface area contributed by atoms with Crippen molar-refractivity contribution in [3.05, 3.63) is 21.7 Å². The molecule has 0 saturated carbocycles. The summed E-state index contributed by atoms with van der Waals surface area (Å²) in [4.78, 5) is 28.0. The van der Waals surface area contributed by atoms with E-state index in [0.717, 1.165) is 6.20 Å². The molecule has 0 radical (unpaired) electrons. The van der Waals surface area contributed by atoms with Crippen molar-refractivity contribution in [2.75, 3.05) is 11.4 Å². The van der Waals surface area contributed by atoms with Gasteiger partial charge in [0.15, 0.2) is 0 Å². The molecule has 0 bridgehead atoms. The molecule has 1 atom stereocenters. The Morgan fingerprint density at radius 3 is 2.88 bits per heavy atom. The fourth-order valence-electron chi connectivity index (χ4n) is 1.71. The minimum absolute atomic E-state index is 0.0878. The molecule has 1 aliphatic heterocycles. The van der Waals surface area contributed by atoms with Gasteiger partial charge in [0.1, 0.15) is 11.6 Å². The summed E-state index contributed by atoms with van der Waals surface area (Å²) in [6, 6.07) is 1.29. The minimum Gasteiger partial charge on any atom is -0.369 e. The molecule has 1 aliphatic rings. The third kappa shape index (κ3) is 2.38. The molecule has 2 amide bonds. The fraction of sp³-hybridized carbons (Fsp3) is 0.300. The van der Waals surface area contributed by atoms with Crippen LogP contribution in [0.25, 0.3) is 0 Å². The molecule has 5 nitrogen and oxygen atoms in total. The first-order valence-corrected chi connectivity index (χ1v) is 5.97. The molecule has 1 aromatic rings. The van der Waals surface area contributed by atoms with E-state index in [-0.39, 0.29) is 18.9 Å². The summed E-state index contributed by atoms with van der Waals surface area (Å²) in [5.41, 5.74) is 5.16. The van der Waals surface area contributed by atoms with E-state index in [1.807, 2.05) is 22.6 Å². The number of nitrogens with zero attached hydrogens (tertiary/aromatic N) is 2. The molecule has 1 aromatic heterocycles. The number of aromatic nitrogens is 1. The second-order valence-corrected chi connectivity index (χ2v) is 4.93. The number of anilines is 1. The van der Waals surface area contributed by atoms with Crippen LogP contribution >= 0.6 is 22.6 Å². The zero-order valence-corrected chi connectivity index (χ0v) is 10.8. The number of hydrogen-bond donors (Lipinski definition) is 1. The first-order chi connectivity index (χ1) is 7.99. The lowest BCUT2D eigenvalue weighted by Gasteiger charge is -2.16. The maximum absolute atomic E-state index is 12.9. The Morgan fingerprint density at radius 2 is 2.35 bits per heavy atom. The maximum Gasteiger partial charge on any atom is 0.229 e. The molecule has 7 heteroatoms. The van der Waals surface area contributed by atoms with Gasteiger partial charge in [-0.1, -0.05) is 0 Å². The quantitative estimate of drug-likeness (QED) is 0.798. The third-order valence-electron chi connectivity index (χ3n) is 2.57. The predicted molar refractivity (Wildman–Crippen MR) is 66.6 cm³/mol. The number of hydrogen-bond acceptors (Lipinski definition) is 3. The number of rotatable bonds is 2. The minimum atomic E-state index is -0.502. The fourth-order valence-corrected chi connectivity index (χ4v) is 2.44. The Hall–Kier alpha value is -1.25. The summed E-state index contributed by atoms with van der Waals surface area (Å²) in [6.07, 6.45) is 1.13. The molecule has 1 saturated heterocycles. The lowest BCUT2D eigenvalue weighted by Crippen LogP contribution is -2.29. The molecule has 17 heavy (non-hydrogen) atoms. The Kier molecular flexibility index (Phi) is 3.27. The molecular weight excluding hydrogens is 340 g/mol. The van der Waals surface area contributed by atoms with Crippen LogP contribution < -0.4 is 10.6 Å². The van der Waals surface area contributed by atoms with Crippen LogP contribution in [0.4, 0.5) is 10.2 Å². The molecule has 0 aromatic carbocycles. The van der Waals surface area contributed by atoms with Crippen molar-refractivity contribution in [1.29, 1.82) is 0 Å². The van der Waals surface area contributed by atoms with Crippen LogP contribution in [0.15, 0.2) is 12.3 Å². The summed E-state index contributed by atoms with van der Waals surface area (Å²) in [7, 11) is 0. The van der Waals surface area contributed by atoms with Gasteiger partial charge in [-0.3, -0.25) is 14.5 Å². The van der Waals surface area contributed by atoms with Crippen LogP contribution in [-0.4, -0.2) is 23.3 Å². The lowest BCUT2D eigenvalue weighted by molar-refractivity contribution is -0.123. The van der Waals surface area contributed by atoms with E-state index in [0.29, 0.717) is 9.39 Å². The van der Waals surface area contributed by atoms with E-state index in [9.17, 15) is 14.0 Å². The van der Waals surface area contributed by atoms with E-state index >= 15 is 0 Å². The smallest absolute Gasteiger partial charge is 0.229 e. The Bertz CT molecular complexity index is 494. The topological polar surface area (TPSA) is 76.3 Å². The average molecular weight is 349 g/mol. The largest absolute Gasteiger partial charge is 0.369 e. The van der Waals surface area contributed by atoms with Gasteiger partial charge in [-0.25, -0.2) is 9.37 Å². The monoisotopic (exact) mass is 349 g/mol. The normalized spacial score (nSPS) is 19.8. The summed E-state index contributed by atoms with van der Waals surface area (Å²) in [5, 5.41) is 0.